The van der Waals surface area contributed by atoms with Crippen LogP contribution >= 0.6 is 11.6 Å². The molecule has 0 spiro atoms. The van der Waals surface area contributed by atoms with Gasteiger partial charge in [0.05, 0.1) is 25.4 Å². The molecule has 0 amide bonds. The predicted molar refractivity (Wildman–Crippen MR) is 68.8 cm³/mol. The second kappa shape index (κ2) is 7.92. The van der Waals surface area contributed by atoms with E-state index in [-0.39, 0.29) is 6.61 Å². The second-order valence-electron chi connectivity index (χ2n) is 3.47. The highest BCUT2D eigenvalue weighted by atomic mass is 35.5. The molecule has 1 aromatic carbocycles. The SMILES string of the molecule is COCCOCCOC(=O)c1ccc(Cl)cc1N. The van der Waals surface area contributed by atoms with Gasteiger partial charge in [-0.25, -0.2) is 4.79 Å². The summed E-state index contributed by atoms with van der Waals surface area (Å²) in [6.07, 6.45) is 0. The predicted octanol–water partition coefficient (Wildman–Crippen LogP) is 1.74. The van der Waals surface area contributed by atoms with Crippen LogP contribution < -0.4 is 5.73 Å². The Morgan fingerprint density at radius 1 is 1.28 bits per heavy atom. The van der Waals surface area contributed by atoms with Gasteiger partial charge in [-0.2, -0.15) is 0 Å². The molecule has 100 valence electrons. The van der Waals surface area contributed by atoms with Crippen molar-refractivity contribution in [3.63, 3.8) is 0 Å². The van der Waals surface area contributed by atoms with Gasteiger partial charge in [-0.3, -0.25) is 0 Å². The normalized spacial score (nSPS) is 10.3. The van der Waals surface area contributed by atoms with Crippen molar-refractivity contribution < 1.29 is 19.0 Å². The van der Waals surface area contributed by atoms with E-state index in [1.54, 1.807) is 13.2 Å². The maximum absolute atomic E-state index is 11.6. The van der Waals surface area contributed by atoms with E-state index in [1.165, 1.54) is 12.1 Å². The lowest BCUT2D eigenvalue weighted by molar-refractivity contribution is 0.0214. The monoisotopic (exact) mass is 273 g/mol. The summed E-state index contributed by atoms with van der Waals surface area (Å²) in [5.74, 6) is -0.487. The first-order chi connectivity index (χ1) is 8.65. The molecule has 0 saturated carbocycles. The van der Waals surface area contributed by atoms with E-state index in [1.807, 2.05) is 0 Å². The van der Waals surface area contributed by atoms with Crippen LogP contribution in [0.1, 0.15) is 10.4 Å². The van der Waals surface area contributed by atoms with Gasteiger partial charge in [0.2, 0.25) is 0 Å². The summed E-state index contributed by atoms with van der Waals surface area (Å²) in [6.45, 7) is 1.47. The number of benzene rings is 1. The van der Waals surface area contributed by atoms with E-state index >= 15 is 0 Å². The van der Waals surface area contributed by atoms with E-state index in [0.717, 1.165) is 0 Å². The fraction of sp³-hybridized carbons (Fsp3) is 0.417. The van der Waals surface area contributed by atoms with Crippen LogP contribution in [-0.4, -0.2) is 39.5 Å². The summed E-state index contributed by atoms with van der Waals surface area (Å²) in [6, 6.07) is 4.63. The van der Waals surface area contributed by atoms with Crippen LogP contribution in [0.2, 0.25) is 5.02 Å². The number of rotatable bonds is 7. The van der Waals surface area contributed by atoms with Crippen LogP contribution in [0.15, 0.2) is 18.2 Å². The molecular formula is C12H16ClNO4. The average molecular weight is 274 g/mol. The van der Waals surface area contributed by atoms with Gasteiger partial charge in [0, 0.05) is 17.8 Å². The molecule has 0 aliphatic heterocycles. The number of halogens is 1. The van der Waals surface area contributed by atoms with Gasteiger partial charge in [0.1, 0.15) is 6.61 Å². The molecule has 0 aliphatic carbocycles. The number of carbonyl (C=O) groups is 1. The molecule has 0 aromatic heterocycles. The Kier molecular flexibility index (Phi) is 6.49. The average Bonchev–Trinajstić information content (AvgIpc) is 2.33. The number of anilines is 1. The number of ether oxygens (including phenoxy) is 3. The summed E-state index contributed by atoms with van der Waals surface area (Å²) in [5.41, 5.74) is 6.26. The van der Waals surface area contributed by atoms with Crippen LogP contribution in [-0.2, 0) is 14.2 Å². The highest BCUT2D eigenvalue weighted by molar-refractivity contribution is 6.31. The lowest BCUT2D eigenvalue weighted by Gasteiger charge is -2.07. The topological polar surface area (TPSA) is 70.8 Å². The Balaban J connectivity index is 2.32. The van der Waals surface area contributed by atoms with Crippen LogP contribution in [0.5, 0.6) is 0 Å². The molecule has 6 heteroatoms. The van der Waals surface area contributed by atoms with Crippen molar-refractivity contribution in [2.75, 3.05) is 39.3 Å². The standard InChI is InChI=1S/C12H16ClNO4/c1-16-4-5-17-6-7-18-12(15)10-3-2-9(13)8-11(10)14/h2-3,8H,4-7,14H2,1H3. The van der Waals surface area contributed by atoms with Crippen molar-refractivity contribution in [3.05, 3.63) is 28.8 Å². The lowest BCUT2D eigenvalue weighted by atomic mass is 10.2. The number of hydrogen-bond donors (Lipinski definition) is 1. The molecule has 18 heavy (non-hydrogen) atoms. The lowest BCUT2D eigenvalue weighted by Crippen LogP contribution is -2.13. The van der Waals surface area contributed by atoms with Gasteiger partial charge in [-0.15, -0.1) is 0 Å². The third kappa shape index (κ3) is 4.91. The fourth-order valence-corrected chi connectivity index (χ4v) is 1.42. The molecule has 1 rings (SSSR count). The number of methoxy groups -OCH3 is 1. The fourth-order valence-electron chi connectivity index (χ4n) is 1.23. The van der Waals surface area contributed by atoms with Gasteiger partial charge >= 0.3 is 5.97 Å². The third-order valence-corrected chi connectivity index (χ3v) is 2.36. The molecule has 0 heterocycles. The summed E-state index contributed by atoms with van der Waals surface area (Å²) >= 11 is 5.73. The zero-order chi connectivity index (χ0) is 13.4. The first-order valence-corrected chi connectivity index (χ1v) is 5.81. The van der Waals surface area contributed by atoms with Crippen molar-refractivity contribution >= 4 is 23.3 Å². The quantitative estimate of drug-likeness (QED) is 0.465. The van der Waals surface area contributed by atoms with E-state index in [9.17, 15) is 4.79 Å². The molecule has 0 bridgehead atoms. The molecule has 1 aromatic rings. The van der Waals surface area contributed by atoms with Crippen LogP contribution in [0.4, 0.5) is 5.69 Å². The smallest absolute Gasteiger partial charge is 0.340 e. The van der Waals surface area contributed by atoms with E-state index in [2.05, 4.69) is 0 Å². The van der Waals surface area contributed by atoms with E-state index < -0.39 is 5.97 Å². The van der Waals surface area contributed by atoms with Gasteiger partial charge in [0.15, 0.2) is 0 Å². The number of esters is 1. The third-order valence-electron chi connectivity index (χ3n) is 2.13. The Labute approximate surface area is 111 Å². The molecule has 0 aliphatic rings. The second-order valence-corrected chi connectivity index (χ2v) is 3.91. The van der Waals surface area contributed by atoms with Crippen molar-refractivity contribution in [3.8, 4) is 0 Å². The Bertz CT molecular complexity index is 398. The summed E-state index contributed by atoms with van der Waals surface area (Å²) in [5, 5.41) is 0.479. The minimum absolute atomic E-state index is 0.171. The summed E-state index contributed by atoms with van der Waals surface area (Å²) in [4.78, 5) is 11.6. The minimum Gasteiger partial charge on any atom is -0.460 e. The zero-order valence-corrected chi connectivity index (χ0v) is 10.9. The minimum atomic E-state index is -0.487. The molecule has 2 N–H and O–H groups in total. The molecule has 5 nitrogen and oxygen atoms in total. The number of nitrogen functional groups attached to an aromatic ring is 1. The van der Waals surface area contributed by atoms with Crippen LogP contribution in [0, 0.1) is 0 Å². The summed E-state index contributed by atoms with van der Waals surface area (Å²) < 4.78 is 15.0. The highest BCUT2D eigenvalue weighted by Gasteiger charge is 2.11. The zero-order valence-electron chi connectivity index (χ0n) is 10.1. The van der Waals surface area contributed by atoms with Gasteiger partial charge in [0.25, 0.3) is 0 Å². The molecule has 0 atom stereocenters. The first-order valence-electron chi connectivity index (χ1n) is 5.44. The largest absolute Gasteiger partial charge is 0.460 e. The van der Waals surface area contributed by atoms with Gasteiger partial charge in [-0.1, -0.05) is 11.6 Å². The molecule has 0 radical (unpaired) electrons. The molecule has 0 saturated heterocycles. The maximum Gasteiger partial charge on any atom is 0.340 e. The number of carbonyl (C=O) groups excluding carboxylic acids is 1. The van der Waals surface area contributed by atoms with Crippen LogP contribution in [0.3, 0.4) is 0 Å². The van der Waals surface area contributed by atoms with Gasteiger partial charge in [-0.05, 0) is 18.2 Å². The van der Waals surface area contributed by atoms with Crippen molar-refractivity contribution in [1.29, 1.82) is 0 Å². The Morgan fingerprint density at radius 3 is 2.67 bits per heavy atom. The number of hydrogen-bond acceptors (Lipinski definition) is 5. The molecule has 0 fully saturated rings. The summed E-state index contributed by atoms with van der Waals surface area (Å²) in [7, 11) is 1.59. The Morgan fingerprint density at radius 2 is 2.00 bits per heavy atom. The maximum atomic E-state index is 11.6. The first kappa shape index (κ1) is 14.8. The molecular weight excluding hydrogens is 258 g/mol. The number of nitrogens with two attached hydrogens (primary N) is 1. The van der Waals surface area contributed by atoms with E-state index in [4.69, 9.17) is 31.5 Å². The van der Waals surface area contributed by atoms with Gasteiger partial charge < -0.3 is 19.9 Å². The van der Waals surface area contributed by atoms with Crippen molar-refractivity contribution in [2.24, 2.45) is 0 Å². The van der Waals surface area contributed by atoms with Crippen molar-refractivity contribution in [1.82, 2.24) is 0 Å². The Hall–Kier alpha value is -1.30. The molecule has 0 unspecified atom stereocenters. The van der Waals surface area contributed by atoms with Crippen molar-refractivity contribution in [2.45, 2.75) is 0 Å². The van der Waals surface area contributed by atoms with E-state index in [0.29, 0.717) is 36.1 Å². The van der Waals surface area contributed by atoms with Crippen LogP contribution in [0.25, 0.3) is 0 Å². The highest BCUT2D eigenvalue weighted by Crippen LogP contribution is 2.18.